The zero-order valence-electron chi connectivity index (χ0n) is 12.1. The predicted molar refractivity (Wildman–Crippen MR) is 89.7 cm³/mol. The van der Waals surface area contributed by atoms with Crippen molar-refractivity contribution in [3.8, 4) is 0 Å². The molecular formula is C16H14NO3S2-. The van der Waals surface area contributed by atoms with Gasteiger partial charge in [-0.15, -0.1) is 0 Å². The third kappa shape index (κ3) is 3.64. The first kappa shape index (κ1) is 16.5. The first-order valence-electron chi connectivity index (χ1n) is 6.61. The minimum Gasteiger partial charge on any atom is -0.548 e. The Morgan fingerprint density at radius 2 is 2.00 bits per heavy atom. The van der Waals surface area contributed by atoms with Gasteiger partial charge in [0.25, 0.3) is 5.91 Å². The Hall–Kier alpha value is -1.92. The lowest BCUT2D eigenvalue weighted by Gasteiger charge is -2.23. The minimum atomic E-state index is -1.32. The summed E-state index contributed by atoms with van der Waals surface area (Å²) in [6, 6.07) is 8.64. The van der Waals surface area contributed by atoms with Crippen molar-refractivity contribution in [2.75, 3.05) is 0 Å². The average Bonchev–Trinajstić information content (AvgIpc) is 2.73. The van der Waals surface area contributed by atoms with Crippen molar-refractivity contribution in [2.45, 2.75) is 19.9 Å². The van der Waals surface area contributed by atoms with Crippen LogP contribution in [0.15, 0.2) is 46.9 Å². The molecule has 0 aromatic heterocycles. The summed E-state index contributed by atoms with van der Waals surface area (Å²) >= 11 is 6.19. The summed E-state index contributed by atoms with van der Waals surface area (Å²) in [5.74, 6) is -1.72. The Kier molecular flexibility index (Phi) is 5.15. The fourth-order valence-electron chi connectivity index (χ4n) is 1.98. The van der Waals surface area contributed by atoms with E-state index in [0.29, 0.717) is 4.91 Å². The Bertz CT molecular complexity index is 680. The summed E-state index contributed by atoms with van der Waals surface area (Å²) in [7, 11) is 0. The fraction of sp³-hybridized carbons (Fsp3) is 0.188. The second-order valence-electron chi connectivity index (χ2n) is 4.85. The van der Waals surface area contributed by atoms with E-state index in [9.17, 15) is 14.7 Å². The molecule has 1 amide bonds. The minimum absolute atomic E-state index is 0.237. The summed E-state index contributed by atoms with van der Waals surface area (Å²) in [5, 5.41) is 10.9. The maximum atomic E-state index is 12.3. The van der Waals surface area contributed by atoms with Gasteiger partial charge in [-0.2, -0.15) is 0 Å². The fourth-order valence-corrected chi connectivity index (χ4v) is 3.45. The van der Waals surface area contributed by atoms with E-state index in [4.69, 9.17) is 12.2 Å². The molecule has 0 bridgehead atoms. The van der Waals surface area contributed by atoms with Gasteiger partial charge in [0.2, 0.25) is 0 Å². The molecule has 1 atom stereocenters. The molecule has 0 unspecified atom stereocenters. The number of rotatable bonds is 4. The second kappa shape index (κ2) is 6.89. The predicted octanol–water partition coefficient (Wildman–Crippen LogP) is 1.97. The standard InChI is InChI=1S/C16H15NO3S2/c1-10(8-12-6-4-3-5-7-12)9-13-14(18)17(16(21)22-13)11(2)15(19)20/h3-9,11H,1-2H3,(H,19,20)/p-1/b10-8+,13-9-/t11-/m1/s1. The number of carbonyl (C=O) groups is 2. The number of benzene rings is 1. The van der Waals surface area contributed by atoms with Crippen LogP contribution in [0.3, 0.4) is 0 Å². The van der Waals surface area contributed by atoms with Crippen LogP contribution in [0.5, 0.6) is 0 Å². The summed E-state index contributed by atoms with van der Waals surface area (Å²) in [5.41, 5.74) is 1.91. The molecule has 1 aromatic carbocycles. The summed E-state index contributed by atoms with van der Waals surface area (Å²) in [6.45, 7) is 3.26. The number of hydrogen-bond acceptors (Lipinski definition) is 5. The third-order valence-electron chi connectivity index (χ3n) is 3.10. The molecule has 1 aromatic rings. The third-order valence-corrected chi connectivity index (χ3v) is 4.44. The zero-order chi connectivity index (χ0) is 16.3. The van der Waals surface area contributed by atoms with E-state index in [-0.39, 0.29) is 4.32 Å². The van der Waals surface area contributed by atoms with E-state index in [0.717, 1.165) is 27.8 Å². The van der Waals surface area contributed by atoms with Gasteiger partial charge < -0.3 is 9.90 Å². The van der Waals surface area contributed by atoms with Crippen LogP contribution in [0.4, 0.5) is 0 Å². The summed E-state index contributed by atoms with van der Waals surface area (Å²) < 4.78 is 0.237. The van der Waals surface area contributed by atoms with Gasteiger partial charge in [-0.05, 0) is 31.1 Å². The first-order chi connectivity index (χ1) is 10.4. The molecule has 1 aliphatic heterocycles. The number of carboxylic acid groups (broad SMARTS) is 1. The Morgan fingerprint density at radius 1 is 1.36 bits per heavy atom. The van der Waals surface area contributed by atoms with Gasteiger partial charge in [0.1, 0.15) is 4.32 Å². The molecule has 1 aliphatic rings. The van der Waals surface area contributed by atoms with Crippen molar-refractivity contribution in [2.24, 2.45) is 0 Å². The average molecular weight is 332 g/mol. The number of carboxylic acids is 1. The number of aliphatic carboxylic acids is 1. The van der Waals surface area contributed by atoms with Crippen LogP contribution < -0.4 is 5.11 Å². The molecule has 0 radical (unpaired) electrons. The molecule has 6 heteroatoms. The highest BCUT2D eigenvalue weighted by atomic mass is 32.2. The normalized spacial score (nSPS) is 18.9. The van der Waals surface area contributed by atoms with Crippen LogP contribution in [0.1, 0.15) is 19.4 Å². The van der Waals surface area contributed by atoms with Crippen molar-refractivity contribution < 1.29 is 14.7 Å². The molecule has 1 fully saturated rings. The van der Waals surface area contributed by atoms with Gasteiger partial charge in [0.05, 0.1) is 16.9 Å². The lowest BCUT2D eigenvalue weighted by Crippen LogP contribution is -2.48. The number of thiocarbonyl (C=S) groups is 1. The van der Waals surface area contributed by atoms with Crippen molar-refractivity contribution in [3.63, 3.8) is 0 Å². The number of carbonyl (C=O) groups excluding carboxylic acids is 2. The van der Waals surface area contributed by atoms with E-state index in [2.05, 4.69) is 0 Å². The maximum Gasteiger partial charge on any atom is 0.266 e. The van der Waals surface area contributed by atoms with Crippen molar-refractivity contribution in [3.05, 3.63) is 52.4 Å². The number of amides is 1. The first-order valence-corrected chi connectivity index (χ1v) is 7.84. The van der Waals surface area contributed by atoms with Gasteiger partial charge in [0.15, 0.2) is 0 Å². The van der Waals surface area contributed by atoms with Crippen LogP contribution in [0.2, 0.25) is 0 Å². The monoisotopic (exact) mass is 332 g/mol. The Balaban J connectivity index is 2.23. The molecule has 0 spiro atoms. The number of nitrogens with zero attached hydrogens (tertiary/aromatic N) is 1. The van der Waals surface area contributed by atoms with Crippen LogP contribution >= 0.6 is 24.0 Å². The van der Waals surface area contributed by atoms with E-state index in [1.165, 1.54) is 6.92 Å². The van der Waals surface area contributed by atoms with Crippen LogP contribution in [-0.2, 0) is 9.59 Å². The Labute approximate surface area is 138 Å². The van der Waals surface area contributed by atoms with Gasteiger partial charge in [0, 0.05) is 0 Å². The number of hydrogen-bond donors (Lipinski definition) is 0. The van der Waals surface area contributed by atoms with Gasteiger partial charge >= 0.3 is 0 Å². The van der Waals surface area contributed by atoms with E-state index in [1.54, 1.807) is 6.08 Å². The Morgan fingerprint density at radius 3 is 2.59 bits per heavy atom. The van der Waals surface area contributed by atoms with Crippen LogP contribution in [0, 0.1) is 0 Å². The maximum absolute atomic E-state index is 12.3. The molecule has 4 nitrogen and oxygen atoms in total. The van der Waals surface area contributed by atoms with Crippen molar-refractivity contribution in [1.82, 2.24) is 4.90 Å². The largest absolute Gasteiger partial charge is 0.548 e. The van der Waals surface area contributed by atoms with Gasteiger partial charge in [-0.25, -0.2) is 0 Å². The van der Waals surface area contributed by atoms with Crippen LogP contribution in [0.25, 0.3) is 6.08 Å². The van der Waals surface area contributed by atoms with E-state index < -0.39 is 17.9 Å². The molecule has 1 saturated heterocycles. The quantitative estimate of drug-likeness (QED) is 0.623. The van der Waals surface area contributed by atoms with Gasteiger partial charge in [-0.3, -0.25) is 9.69 Å². The van der Waals surface area contributed by atoms with Crippen LogP contribution in [-0.4, -0.2) is 27.1 Å². The molecule has 0 saturated carbocycles. The molecule has 22 heavy (non-hydrogen) atoms. The van der Waals surface area contributed by atoms with E-state index >= 15 is 0 Å². The summed E-state index contributed by atoms with van der Waals surface area (Å²) in [6.07, 6.45) is 3.66. The number of thioether (sulfide) groups is 1. The highest BCUT2D eigenvalue weighted by Gasteiger charge is 2.35. The lowest BCUT2D eigenvalue weighted by atomic mass is 10.1. The smallest absolute Gasteiger partial charge is 0.266 e. The van der Waals surface area contributed by atoms with E-state index in [1.807, 2.05) is 43.3 Å². The lowest BCUT2D eigenvalue weighted by molar-refractivity contribution is -0.309. The molecule has 114 valence electrons. The molecule has 2 rings (SSSR count). The summed E-state index contributed by atoms with van der Waals surface area (Å²) in [4.78, 5) is 24.7. The highest BCUT2D eigenvalue weighted by Crippen LogP contribution is 2.33. The SMILES string of the molecule is CC(/C=C1\SC(=S)N([C@H](C)C(=O)[O-])C1=O)=C\c1ccccc1. The molecule has 0 aliphatic carbocycles. The number of allylic oxidation sites excluding steroid dienone is 2. The highest BCUT2D eigenvalue weighted by molar-refractivity contribution is 8.26. The van der Waals surface area contributed by atoms with Crippen molar-refractivity contribution in [1.29, 1.82) is 0 Å². The molecule has 1 heterocycles. The topological polar surface area (TPSA) is 60.4 Å². The van der Waals surface area contributed by atoms with Crippen molar-refractivity contribution >= 4 is 46.3 Å². The zero-order valence-corrected chi connectivity index (χ0v) is 13.7. The molecular weight excluding hydrogens is 318 g/mol. The van der Waals surface area contributed by atoms with Gasteiger partial charge in [-0.1, -0.05) is 60.4 Å². The molecule has 0 N–H and O–H groups in total. The second-order valence-corrected chi connectivity index (χ2v) is 6.52.